The molecule has 0 saturated heterocycles. The minimum Gasteiger partial charge on any atom is -0.481 e. The summed E-state index contributed by atoms with van der Waals surface area (Å²) in [6.07, 6.45) is 0. The molecular formula is C22H21N5O2. The Morgan fingerprint density at radius 1 is 1.10 bits per heavy atom. The van der Waals surface area contributed by atoms with Crippen LogP contribution in [0.1, 0.15) is 27.2 Å². The van der Waals surface area contributed by atoms with Crippen molar-refractivity contribution < 1.29 is 9.53 Å². The van der Waals surface area contributed by atoms with Crippen molar-refractivity contribution in [3.63, 3.8) is 0 Å². The molecule has 0 aliphatic carbocycles. The van der Waals surface area contributed by atoms with Crippen molar-refractivity contribution in [2.45, 2.75) is 20.4 Å². The molecule has 0 atom stereocenters. The summed E-state index contributed by atoms with van der Waals surface area (Å²) in [7, 11) is 1.53. The van der Waals surface area contributed by atoms with E-state index in [1.165, 1.54) is 12.7 Å². The predicted octanol–water partition coefficient (Wildman–Crippen LogP) is 3.75. The van der Waals surface area contributed by atoms with E-state index in [1.807, 2.05) is 31.2 Å². The maximum atomic E-state index is 13.0. The predicted molar refractivity (Wildman–Crippen MR) is 111 cm³/mol. The zero-order chi connectivity index (χ0) is 20.4. The van der Waals surface area contributed by atoms with Crippen LogP contribution in [-0.2, 0) is 6.54 Å². The second kappa shape index (κ2) is 7.71. The van der Waals surface area contributed by atoms with Gasteiger partial charge in [0.1, 0.15) is 0 Å². The molecule has 1 N–H and O–H groups in total. The molecule has 0 aliphatic rings. The molecule has 29 heavy (non-hydrogen) atoms. The number of aryl methyl sites for hydroxylation is 1. The number of aromatic nitrogens is 4. The number of fused-ring (bicyclic) bond motifs is 1. The average Bonchev–Trinajstić information content (AvgIpc) is 3.08. The first-order valence-corrected chi connectivity index (χ1v) is 9.26. The maximum absolute atomic E-state index is 13.0. The van der Waals surface area contributed by atoms with E-state index in [0.717, 1.165) is 16.6 Å². The van der Waals surface area contributed by atoms with E-state index >= 15 is 0 Å². The summed E-state index contributed by atoms with van der Waals surface area (Å²) in [5, 5.41) is 12.0. The molecule has 7 heteroatoms. The van der Waals surface area contributed by atoms with Crippen molar-refractivity contribution >= 4 is 22.6 Å². The highest BCUT2D eigenvalue weighted by Crippen LogP contribution is 2.23. The van der Waals surface area contributed by atoms with Crippen LogP contribution in [0.5, 0.6) is 5.88 Å². The van der Waals surface area contributed by atoms with Crippen molar-refractivity contribution in [3.05, 3.63) is 77.0 Å². The van der Waals surface area contributed by atoms with Crippen LogP contribution in [0.2, 0.25) is 0 Å². The number of pyridine rings is 1. The molecule has 7 nitrogen and oxygen atoms in total. The highest BCUT2D eigenvalue weighted by molar-refractivity contribution is 6.12. The third kappa shape index (κ3) is 3.80. The Kier molecular flexibility index (Phi) is 4.95. The van der Waals surface area contributed by atoms with Crippen LogP contribution in [-0.4, -0.2) is 33.0 Å². The zero-order valence-corrected chi connectivity index (χ0v) is 16.5. The van der Waals surface area contributed by atoms with Crippen LogP contribution in [0.15, 0.2) is 54.6 Å². The molecule has 0 spiro atoms. The topological polar surface area (TPSA) is 81.9 Å². The van der Waals surface area contributed by atoms with E-state index in [9.17, 15) is 4.79 Å². The molecule has 2 aromatic heterocycles. The van der Waals surface area contributed by atoms with Gasteiger partial charge in [0.25, 0.3) is 5.91 Å². The van der Waals surface area contributed by atoms with Gasteiger partial charge in [0, 0.05) is 11.5 Å². The summed E-state index contributed by atoms with van der Waals surface area (Å²) in [6.45, 7) is 4.52. The Bertz CT molecular complexity index is 1180. The van der Waals surface area contributed by atoms with E-state index in [0.29, 0.717) is 29.3 Å². The van der Waals surface area contributed by atoms with Crippen LogP contribution in [0.4, 0.5) is 5.82 Å². The van der Waals surface area contributed by atoms with Gasteiger partial charge in [-0.15, -0.1) is 5.10 Å². The fraction of sp³-hybridized carbons (Fsp3) is 0.182. The van der Waals surface area contributed by atoms with Crippen LogP contribution in [0, 0.1) is 13.8 Å². The molecule has 4 aromatic rings. The van der Waals surface area contributed by atoms with Crippen molar-refractivity contribution in [2.75, 3.05) is 12.4 Å². The minimum absolute atomic E-state index is 0.285. The average molecular weight is 387 g/mol. The molecule has 2 aromatic carbocycles. The van der Waals surface area contributed by atoms with Crippen molar-refractivity contribution in [1.29, 1.82) is 0 Å². The number of carbonyl (C=O) groups excluding carboxylic acids is 1. The Labute approximate surface area is 168 Å². The molecule has 0 aliphatic heterocycles. The lowest BCUT2D eigenvalue weighted by molar-refractivity contribution is 0.102. The van der Waals surface area contributed by atoms with Crippen LogP contribution >= 0.6 is 0 Å². The third-order valence-corrected chi connectivity index (χ3v) is 4.81. The van der Waals surface area contributed by atoms with Gasteiger partial charge in [-0.3, -0.25) is 4.79 Å². The van der Waals surface area contributed by atoms with Gasteiger partial charge in [-0.25, -0.2) is 9.67 Å². The lowest BCUT2D eigenvalue weighted by Crippen LogP contribution is -2.14. The van der Waals surface area contributed by atoms with Gasteiger partial charge in [-0.05, 0) is 25.5 Å². The first-order chi connectivity index (χ1) is 14.0. The standard InChI is InChI=1S/C22H21N5O2/c1-14-8-10-16(11-9-14)13-27-15(2)21(25-26-27)24-22(28)18-12-20(29-3)23-19-7-5-4-6-17(18)19/h4-12H,13H2,1-3H3,(H,24,28). The molecule has 0 unspecified atom stereocenters. The highest BCUT2D eigenvalue weighted by atomic mass is 16.5. The Morgan fingerprint density at radius 3 is 2.62 bits per heavy atom. The van der Waals surface area contributed by atoms with Gasteiger partial charge in [0.15, 0.2) is 5.82 Å². The Morgan fingerprint density at radius 2 is 1.86 bits per heavy atom. The first-order valence-electron chi connectivity index (χ1n) is 9.26. The van der Waals surface area contributed by atoms with Crippen LogP contribution in [0.25, 0.3) is 10.9 Å². The number of carbonyl (C=O) groups is 1. The number of ether oxygens (including phenoxy) is 1. The summed E-state index contributed by atoms with van der Waals surface area (Å²) in [5.41, 5.74) is 4.27. The number of para-hydroxylation sites is 1. The number of nitrogens with one attached hydrogen (secondary N) is 1. The second-order valence-electron chi connectivity index (χ2n) is 6.85. The quantitative estimate of drug-likeness (QED) is 0.564. The number of benzene rings is 2. The first kappa shape index (κ1) is 18.6. The molecule has 0 bridgehead atoms. The molecule has 2 heterocycles. The normalized spacial score (nSPS) is 10.9. The molecule has 0 radical (unpaired) electrons. The number of hydrogen-bond donors (Lipinski definition) is 1. The van der Waals surface area contributed by atoms with Crippen molar-refractivity contribution in [3.8, 4) is 5.88 Å². The van der Waals surface area contributed by atoms with Gasteiger partial charge in [0.2, 0.25) is 5.88 Å². The van der Waals surface area contributed by atoms with Gasteiger partial charge in [-0.1, -0.05) is 53.2 Å². The summed E-state index contributed by atoms with van der Waals surface area (Å²) in [6, 6.07) is 17.3. The van der Waals surface area contributed by atoms with Crippen molar-refractivity contribution in [1.82, 2.24) is 20.0 Å². The summed E-state index contributed by atoms with van der Waals surface area (Å²) < 4.78 is 7.01. The number of methoxy groups -OCH3 is 1. The molecular weight excluding hydrogens is 366 g/mol. The van der Waals surface area contributed by atoms with E-state index in [-0.39, 0.29) is 5.91 Å². The highest BCUT2D eigenvalue weighted by Gasteiger charge is 2.17. The van der Waals surface area contributed by atoms with Gasteiger partial charge in [-0.2, -0.15) is 0 Å². The van der Waals surface area contributed by atoms with E-state index < -0.39 is 0 Å². The fourth-order valence-electron chi connectivity index (χ4n) is 3.11. The monoisotopic (exact) mass is 387 g/mol. The SMILES string of the molecule is COc1cc(C(=O)Nc2nnn(Cc3ccc(C)cc3)c2C)c2ccccc2n1. The van der Waals surface area contributed by atoms with Gasteiger partial charge in [0.05, 0.1) is 30.4 Å². The van der Waals surface area contributed by atoms with E-state index in [4.69, 9.17) is 4.74 Å². The number of anilines is 1. The second-order valence-corrected chi connectivity index (χ2v) is 6.85. The zero-order valence-electron chi connectivity index (χ0n) is 16.5. The lowest BCUT2D eigenvalue weighted by atomic mass is 10.1. The molecule has 146 valence electrons. The maximum Gasteiger partial charge on any atom is 0.257 e. The number of hydrogen-bond acceptors (Lipinski definition) is 5. The number of rotatable bonds is 5. The number of nitrogens with zero attached hydrogens (tertiary/aromatic N) is 4. The summed E-state index contributed by atoms with van der Waals surface area (Å²) in [4.78, 5) is 17.4. The molecule has 0 fully saturated rings. The molecule has 4 rings (SSSR count). The van der Waals surface area contributed by atoms with Crippen LogP contribution < -0.4 is 10.1 Å². The Hall–Kier alpha value is -3.74. The summed E-state index contributed by atoms with van der Waals surface area (Å²) in [5.74, 6) is 0.531. The van der Waals surface area contributed by atoms with Crippen LogP contribution in [0.3, 0.4) is 0 Å². The van der Waals surface area contributed by atoms with E-state index in [2.05, 4.69) is 51.8 Å². The third-order valence-electron chi connectivity index (χ3n) is 4.81. The largest absolute Gasteiger partial charge is 0.481 e. The number of amides is 1. The fourth-order valence-corrected chi connectivity index (χ4v) is 3.11. The summed E-state index contributed by atoms with van der Waals surface area (Å²) >= 11 is 0. The molecule has 1 amide bonds. The van der Waals surface area contributed by atoms with Gasteiger partial charge >= 0.3 is 0 Å². The smallest absolute Gasteiger partial charge is 0.257 e. The minimum atomic E-state index is -0.285. The van der Waals surface area contributed by atoms with Gasteiger partial charge < -0.3 is 10.1 Å². The molecule has 0 saturated carbocycles. The van der Waals surface area contributed by atoms with E-state index in [1.54, 1.807) is 10.7 Å². The van der Waals surface area contributed by atoms with Crippen molar-refractivity contribution in [2.24, 2.45) is 0 Å². The lowest BCUT2D eigenvalue weighted by Gasteiger charge is -2.09. The Balaban J connectivity index is 1.60.